The van der Waals surface area contributed by atoms with Crippen LogP contribution < -0.4 is 5.11 Å². The van der Waals surface area contributed by atoms with E-state index in [1.807, 2.05) is 21.1 Å². The van der Waals surface area contributed by atoms with Gasteiger partial charge < -0.3 is 33.3 Å². The van der Waals surface area contributed by atoms with Crippen molar-refractivity contribution in [3.05, 3.63) is 97.2 Å². The van der Waals surface area contributed by atoms with E-state index in [2.05, 4.69) is 111 Å². The van der Waals surface area contributed by atoms with Crippen LogP contribution in [0.4, 0.5) is 0 Å². The second-order valence-electron chi connectivity index (χ2n) is 29.0. The predicted octanol–water partition coefficient (Wildman–Crippen LogP) is 25.4. The Kier molecular flexibility index (Phi) is 74.9. The molecule has 0 N–H and O–H groups in total. The minimum atomic E-state index is -1.62. The highest BCUT2D eigenvalue weighted by molar-refractivity contribution is 5.70. The zero-order valence-corrected chi connectivity index (χ0v) is 64.4. The van der Waals surface area contributed by atoms with Gasteiger partial charge in [0.05, 0.1) is 40.3 Å². The molecule has 0 bridgehead atoms. The maximum absolute atomic E-state index is 13.0. The first kappa shape index (κ1) is 93.2. The molecule has 0 aliphatic heterocycles. The Labute approximate surface area is 601 Å². The number of quaternary nitrogens is 1. The van der Waals surface area contributed by atoms with E-state index in [1.54, 1.807) is 0 Å². The van der Waals surface area contributed by atoms with Gasteiger partial charge >= 0.3 is 11.9 Å². The molecule has 0 fully saturated rings. The van der Waals surface area contributed by atoms with E-state index in [0.717, 1.165) is 77.0 Å². The lowest BCUT2D eigenvalue weighted by molar-refractivity contribution is -0.870. The van der Waals surface area contributed by atoms with E-state index in [-0.39, 0.29) is 32.2 Å². The number of hydrogen-bond acceptors (Lipinski definition) is 8. The molecule has 0 aliphatic rings. The third kappa shape index (κ3) is 79.4. The summed E-state index contributed by atoms with van der Waals surface area (Å²) in [6.45, 7) is 4.68. The van der Waals surface area contributed by atoms with E-state index in [0.29, 0.717) is 23.9 Å². The van der Waals surface area contributed by atoms with Crippen molar-refractivity contribution in [3.63, 3.8) is 0 Å². The average Bonchev–Trinajstić information content (AvgIpc) is 3.27. The molecule has 0 saturated heterocycles. The van der Waals surface area contributed by atoms with Crippen molar-refractivity contribution in [3.8, 4) is 0 Å². The molecule has 0 aromatic carbocycles. The normalized spacial score (nSPS) is 13.1. The number of carbonyl (C=O) groups is 3. The fraction of sp³-hybridized carbons (Fsp3) is 0.784. The van der Waals surface area contributed by atoms with Crippen LogP contribution in [-0.2, 0) is 33.3 Å². The van der Waals surface area contributed by atoms with Crippen LogP contribution in [0.15, 0.2) is 97.2 Å². The molecule has 0 aliphatic carbocycles. The number of carboxylic acid groups (broad SMARTS) is 1. The highest BCUT2D eigenvalue weighted by atomic mass is 16.7. The Morgan fingerprint density at radius 1 is 0.320 bits per heavy atom. The second kappa shape index (κ2) is 77.9. The first-order chi connectivity index (χ1) is 47.6. The molecular formula is C88H157NO8. The molecule has 0 amide bonds. The number of likely N-dealkylation sites (N-methyl/N-ethyl adjacent to an activating group) is 1. The number of nitrogens with zero attached hydrogens (tertiary/aromatic N) is 1. The number of hydrogen-bond donors (Lipinski definition) is 0. The first-order valence-corrected chi connectivity index (χ1v) is 41.4. The highest BCUT2D eigenvalue weighted by Gasteiger charge is 2.22. The van der Waals surface area contributed by atoms with Gasteiger partial charge in [-0.25, -0.2) is 0 Å². The van der Waals surface area contributed by atoms with Gasteiger partial charge in [-0.15, -0.1) is 0 Å². The van der Waals surface area contributed by atoms with E-state index in [4.69, 9.17) is 18.9 Å². The molecule has 0 heterocycles. The van der Waals surface area contributed by atoms with Gasteiger partial charge in [0.15, 0.2) is 12.4 Å². The minimum absolute atomic E-state index is 0.148. The van der Waals surface area contributed by atoms with Crippen LogP contribution >= 0.6 is 0 Å². The fourth-order valence-corrected chi connectivity index (χ4v) is 12.0. The smallest absolute Gasteiger partial charge is 0.306 e. The lowest BCUT2D eigenvalue weighted by Crippen LogP contribution is -2.44. The van der Waals surface area contributed by atoms with Gasteiger partial charge in [-0.3, -0.25) is 9.59 Å². The van der Waals surface area contributed by atoms with Gasteiger partial charge in [0.2, 0.25) is 0 Å². The molecule has 0 rings (SSSR count). The van der Waals surface area contributed by atoms with Crippen LogP contribution in [0.2, 0.25) is 0 Å². The lowest BCUT2D eigenvalue weighted by atomic mass is 10.0. The quantitative estimate of drug-likeness (QED) is 0.0195. The molecular weight excluding hydrogens is 1200 g/mol. The summed E-state index contributed by atoms with van der Waals surface area (Å²) >= 11 is 0. The molecule has 2 unspecified atom stereocenters. The SMILES string of the molecule is CC/C=C\C/C=C\C/C=C\C/C=C\C/C=C\C/C=C\CCCCCCCCCCCCCCCCCCCCCCCCC(=O)OC(COC(=O)CCCCCCCCCCCCCCCCCCCCC/C=C\C/C=C\CCCCCCC)COC(OCC[N+](C)(C)C)C(=O)[O-]. The zero-order chi connectivity index (χ0) is 70.4. The third-order valence-electron chi connectivity index (χ3n) is 18.3. The monoisotopic (exact) mass is 1360 g/mol. The molecule has 2 atom stereocenters. The van der Waals surface area contributed by atoms with Crippen molar-refractivity contribution in [2.75, 3.05) is 47.5 Å². The van der Waals surface area contributed by atoms with Gasteiger partial charge in [-0.1, -0.05) is 374 Å². The molecule has 0 saturated carbocycles. The Morgan fingerprint density at radius 3 is 0.876 bits per heavy atom. The second-order valence-corrected chi connectivity index (χ2v) is 29.0. The topological polar surface area (TPSA) is 111 Å². The standard InChI is InChI=1S/C88H157NO8/c1-6-8-10-12-14-16-18-20-22-24-26-28-30-32-34-36-38-39-40-41-42-43-44-45-46-47-49-51-53-55-57-59-61-63-65-67-69-71-73-75-77-79-86(91)97-84(83-96-88(87(92)93)94-81-80-89(3,4)5)82-95-85(90)78-76-74-72-70-68-66-64-62-60-58-56-54-52-50-48-37-35-33-31-29-27-25-23-21-19-17-15-13-11-9-7-2/h8,10,14,16,19-22,25-28,32,34,38-39,84,88H,6-7,9,11-13,15,17-18,23-24,29-31,33,35-37,40-83H2,1-5H3/b10-8-,16-14-,21-19-,22-20-,27-25-,28-26-,34-32-,39-38-. The van der Waals surface area contributed by atoms with Crippen molar-refractivity contribution in [1.29, 1.82) is 0 Å². The predicted molar refractivity (Wildman–Crippen MR) is 417 cm³/mol. The summed E-state index contributed by atoms with van der Waals surface area (Å²) in [5.41, 5.74) is 0. The number of esters is 2. The largest absolute Gasteiger partial charge is 0.545 e. The maximum Gasteiger partial charge on any atom is 0.306 e. The summed E-state index contributed by atoms with van der Waals surface area (Å²) in [5.74, 6) is -2.26. The number of aliphatic carboxylic acids is 1. The van der Waals surface area contributed by atoms with Gasteiger partial charge in [0.1, 0.15) is 13.2 Å². The molecule has 0 aromatic heterocycles. The Hall–Kier alpha value is -3.79. The summed E-state index contributed by atoms with van der Waals surface area (Å²) in [5, 5.41) is 11.9. The Balaban J connectivity index is 3.97. The summed E-state index contributed by atoms with van der Waals surface area (Å²) in [7, 11) is 5.95. The number of ether oxygens (including phenoxy) is 4. The number of allylic oxidation sites excluding steroid dienone is 16. The van der Waals surface area contributed by atoms with E-state index in [9.17, 15) is 19.5 Å². The summed E-state index contributed by atoms with van der Waals surface area (Å²) < 4.78 is 22.9. The molecule has 562 valence electrons. The third-order valence-corrected chi connectivity index (χ3v) is 18.3. The Bertz CT molecular complexity index is 1920. The van der Waals surface area contributed by atoms with Crippen LogP contribution in [0.1, 0.15) is 386 Å². The number of rotatable bonds is 77. The van der Waals surface area contributed by atoms with Gasteiger partial charge in [-0.2, -0.15) is 0 Å². The molecule has 0 spiro atoms. The molecule has 97 heavy (non-hydrogen) atoms. The summed E-state index contributed by atoms with van der Waals surface area (Å²) in [6.07, 6.45) is 105. The average molecular weight is 1360 g/mol. The summed E-state index contributed by atoms with van der Waals surface area (Å²) in [6, 6.07) is 0. The van der Waals surface area contributed by atoms with Crippen molar-refractivity contribution in [1.82, 2.24) is 0 Å². The van der Waals surface area contributed by atoms with E-state index in [1.165, 1.54) is 276 Å². The van der Waals surface area contributed by atoms with Crippen LogP contribution in [0, 0.1) is 0 Å². The maximum atomic E-state index is 13.0. The zero-order valence-electron chi connectivity index (χ0n) is 64.4. The molecule has 9 heteroatoms. The van der Waals surface area contributed by atoms with Crippen LogP contribution in [-0.4, -0.2) is 82.3 Å². The van der Waals surface area contributed by atoms with Crippen molar-refractivity contribution < 1.29 is 42.9 Å². The number of unbranched alkanes of at least 4 members (excludes halogenated alkanes) is 46. The van der Waals surface area contributed by atoms with Crippen molar-refractivity contribution >= 4 is 17.9 Å². The summed E-state index contributed by atoms with van der Waals surface area (Å²) in [4.78, 5) is 37.6. The van der Waals surface area contributed by atoms with E-state index < -0.39 is 24.3 Å². The van der Waals surface area contributed by atoms with Crippen LogP contribution in [0.25, 0.3) is 0 Å². The van der Waals surface area contributed by atoms with Crippen LogP contribution in [0.3, 0.4) is 0 Å². The number of carboxylic acids is 1. The van der Waals surface area contributed by atoms with Gasteiger partial charge in [-0.05, 0) is 96.3 Å². The van der Waals surface area contributed by atoms with Gasteiger partial charge in [0.25, 0.3) is 0 Å². The van der Waals surface area contributed by atoms with E-state index >= 15 is 0 Å². The lowest BCUT2D eigenvalue weighted by Gasteiger charge is -2.26. The highest BCUT2D eigenvalue weighted by Crippen LogP contribution is 2.19. The van der Waals surface area contributed by atoms with Crippen molar-refractivity contribution in [2.24, 2.45) is 0 Å². The number of carbonyl (C=O) groups excluding carboxylic acids is 3. The molecule has 9 nitrogen and oxygen atoms in total. The minimum Gasteiger partial charge on any atom is -0.545 e. The first-order valence-electron chi connectivity index (χ1n) is 41.4. The van der Waals surface area contributed by atoms with Crippen molar-refractivity contribution in [2.45, 2.75) is 399 Å². The fourth-order valence-electron chi connectivity index (χ4n) is 12.0. The van der Waals surface area contributed by atoms with Crippen LogP contribution in [0.5, 0.6) is 0 Å². The molecule has 0 aromatic rings. The Morgan fingerprint density at radius 2 is 0.588 bits per heavy atom. The molecule has 0 radical (unpaired) electrons. The van der Waals surface area contributed by atoms with Gasteiger partial charge in [0, 0.05) is 12.8 Å².